The molecule has 3 heterocycles. The molecular formula is C17H21N3O4S. The van der Waals surface area contributed by atoms with Crippen LogP contribution in [0.15, 0.2) is 16.5 Å². The maximum Gasteiger partial charge on any atom is 0.339 e. The van der Waals surface area contributed by atoms with Gasteiger partial charge in [0.25, 0.3) is 5.56 Å². The van der Waals surface area contributed by atoms with Crippen LogP contribution in [0.3, 0.4) is 0 Å². The molecule has 2 aromatic rings. The van der Waals surface area contributed by atoms with E-state index in [1.807, 2.05) is 0 Å². The molecule has 0 unspecified atom stereocenters. The first-order chi connectivity index (χ1) is 12.0. The molecule has 0 aromatic carbocycles. The highest BCUT2D eigenvalue weighted by Gasteiger charge is 2.22. The third kappa shape index (κ3) is 3.58. The zero-order chi connectivity index (χ0) is 18.0. The molecule has 7 nitrogen and oxygen atoms in total. The Labute approximate surface area is 149 Å². The highest BCUT2D eigenvalue weighted by molar-refractivity contribution is 7.17. The summed E-state index contributed by atoms with van der Waals surface area (Å²) >= 11 is 1.22. The fraction of sp³-hybridized carbons (Fsp3) is 0.529. The number of aromatic nitrogens is 2. The van der Waals surface area contributed by atoms with Crippen molar-refractivity contribution >= 4 is 33.4 Å². The first kappa shape index (κ1) is 17.6. The average Bonchev–Trinajstić information content (AvgIpc) is 3.03. The molecule has 1 aliphatic rings. The molecule has 0 aliphatic carbocycles. The summed E-state index contributed by atoms with van der Waals surface area (Å²) in [5.41, 5.74) is -0.166. The summed E-state index contributed by atoms with van der Waals surface area (Å²) in [6.45, 7) is 5.50. The predicted molar refractivity (Wildman–Crippen MR) is 94.8 cm³/mol. The number of carbonyl (C=O) groups is 2. The van der Waals surface area contributed by atoms with Crippen LogP contribution in [0, 0.1) is 5.92 Å². The van der Waals surface area contributed by atoms with E-state index < -0.39 is 5.97 Å². The van der Waals surface area contributed by atoms with Crippen molar-refractivity contribution in [1.29, 1.82) is 0 Å². The van der Waals surface area contributed by atoms with E-state index in [9.17, 15) is 14.4 Å². The average molecular weight is 363 g/mol. The maximum atomic E-state index is 12.7. The molecule has 1 amide bonds. The molecule has 0 spiro atoms. The van der Waals surface area contributed by atoms with Crippen molar-refractivity contribution in [2.45, 2.75) is 33.2 Å². The van der Waals surface area contributed by atoms with Crippen LogP contribution in [0.4, 0.5) is 0 Å². The molecule has 3 rings (SSSR count). The lowest BCUT2D eigenvalue weighted by atomic mass is 9.99. The largest absolute Gasteiger partial charge is 0.462 e. The Hall–Kier alpha value is -2.22. The lowest BCUT2D eigenvalue weighted by molar-refractivity contribution is -0.133. The second kappa shape index (κ2) is 7.35. The number of likely N-dealkylation sites (tertiary alicyclic amines) is 1. The van der Waals surface area contributed by atoms with Crippen LogP contribution in [0.25, 0.3) is 10.2 Å². The Morgan fingerprint density at radius 3 is 2.76 bits per heavy atom. The number of carbonyl (C=O) groups excluding carboxylic acids is 2. The monoisotopic (exact) mass is 363 g/mol. The topological polar surface area (TPSA) is 81.5 Å². The quantitative estimate of drug-likeness (QED) is 0.775. The van der Waals surface area contributed by atoms with Gasteiger partial charge in [-0.2, -0.15) is 0 Å². The number of nitrogens with zero attached hydrogens (tertiary/aromatic N) is 3. The number of hydrogen-bond donors (Lipinski definition) is 0. The van der Waals surface area contributed by atoms with Gasteiger partial charge in [-0.25, -0.2) is 9.78 Å². The molecule has 1 aliphatic heterocycles. The van der Waals surface area contributed by atoms with Crippen LogP contribution >= 0.6 is 11.3 Å². The lowest BCUT2D eigenvalue weighted by Gasteiger charge is -2.30. The molecule has 1 saturated heterocycles. The van der Waals surface area contributed by atoms with Crippen molar-refractivity contribution in [3.05, 3.63) is 27.6 Å². The number of piperidine rings is 1. The van der Waals surface area contributed by atoms with Gasteiger partial charge in [0.05, 0.1) is 23.9 Å². The predicted octanol–water partition coefficient (Wildman–Crippen LogP) is 1.89. The first-order valence-electron chi connectivity index (χ1n) is 8.42. The Kier molecular flexibility index (Phi) is 5.17. The minimum Gasteiger partial charge on any atom is -0.462 e. The molecular weight excluding hydrogens is 342 g/mol. The first-order valence-corrected chi connectivity index (χ1v) is 9.30. The number of amides is 1. The van der Waals surface area contributed by atoms with Gasteiger partial charge in [-0.3, -0.25) is 14.2 Å². The molecule has 0 atom stereocenters. The van der Waals surface area contributed by atoms with Gasteiger partial charge in [0.15, 0.2) is 0 Å². The van der Waals surface area contributed by atoms with Crippen LogP contribution in [0.1, 0.15) is 37.0 Å². The van der Waals surface area contributed by atoms with Gasteiger partial charge in [-0.15, -0.1) is 11.3 Å². The number of ether oxygens (including phenoxy) is 1. The van der Waals surface area contributed by atoms with Crippen LogP contribution < -0.4 is 5.56 Å². The molecule has 1 fully saturated rings. The number of fused-ring (bicyclic) bond motifs is 1. The summed E-state index contributed by atoms with van der Waals surface area (Å²) in [7, 11) is 0. The Morgan fingerprint density at radius 2 is 2.08 bits per heavy atom. The summed E-state index contributed by atoms with van der Waals surface area (Å²) in [5, 5.41) is 1.81. The van der Waals surface area contributed by atoms with Crippen molar-refractivity contribution < 1.29 is 14.3 Å². The van der Waals surface area contributed by atoms with Crippen molar-refractivity contribution in [3.63, 3.8) is 0 Å². The fourth-order valence-corrected chi connectivity index (χ4v) is 3.81. The van der Waals surface area contributed by atoms with Gasteiger partial charge in [0.1, 0.15) is 11.4 Å². The van der Waals surface area contributed by atoms with Crippen LogP contribution in [0.2, 0.25) is 0 Å². The van der Waals surface area contributed by atoms with E-state index in [1.165, 1.54) is 22.2 Å². The molecule has 2 aromatic heterocycles. The normalized spacial score (nSPS) is 15.5. The van der Waals surface area contributed by atoms with Crippen LogP contribution in [-0.4, -0.2) is 46.0 Å². The highest BCUT2D eigenvalue weighted by atomic mass is 32.1. The third-order valence-corrected chi connectivity index (χ3v) is 5.38. The van der Waals surface area contributed by atoms with Gasteiger partial charge >= 0.3 is 5.97 Å². The lowest BCUT2D eigenvalue weighted by Crippen LogP contribution is -2.41. The van der Waals surface area contributed by atoms with Gasteiger partial charge in [-0.05, 0) is 25.7 Å². The van der Waals surface area contributed by atoms with E-state index in [4.69, 9.17) is 4.74 Å². The summed E-state index contributed by atoms with van der Waals surface area (Å²) in [6, 6.07) is 0. The Balaban J connectivity index is 1.86. The maximum absolute atomic E-state index is 12.7. The third-order valence-electron chi connectivity index (χ3n) is 4.50. The summed E-state index contributed by atoms with van der Waals surface area (Å²) in [6.07, 6.45) is 3.34. The van der Waals surface area contributed by atoms with E-state index in [0.29, 0.717) is 10.7 Å². The van der Waals surface area contributed by atoms with Crippen molar-refractivity contribution in [2.75, 3.05) is 19.7 Å². The minimum atomic E-state index is -0.540. The standard InChI is InChI=1S/C17H21N3O4S/c1-3-24-17(23)12-9-25-15-14(12)16(22)20(10-18-15)8-13(21)19-6-4-11(2)5-7-19/h9-11H,3-8H2,1-2H3. The van der Waals surface area contributed by atoms with Crippen molar-refractivity contribution in [1.82, 2.24) is 14.5 Å². The van der Waals surface area contributed by atoms with Crippen LogP contribution in [-0.2, 0) is 16.1 Å². The molecule has 8 heteroatoms. The number of hydrogen-bond acceptors (Lipinski definition) is 6. The zero-order valence-corrected chi connectivity index (χ0v) is 15.2. The fourth-order valence-electron chi connectivity index (χ4n) is 2.94. The molecule has 0 bridgehead atoms. The second-order valence-corrected chi connectivity index (χ2v) is 7.15. The van der Waals surface area contributed by atoms with E-state index >= 15 is 0 Å². The number of rotatable bonds is 4. The molecule has 0 radical (unpaired) electrons. The summed E-state index contributed by atoms with van der Waals surface area (Å²) in [5.74, 6) is -0.00691. The van der Waals surface area contributed by atoms with E-state index in [-0.39, 0.29) is 35.6 Å². The molecule has 134 valence electrons. The summed E-state index contributed by atoms with van der Waals surface area (Å²) < 4.78 is 6.27. The van der Waals surface area contributed by atoms with E-state index in [0.717, 1.165) is 25.9 Å². The number of thiophene rings is 1. The van der Waals surface area contributed by atoms with Gasteiger partial charge in [-0.1, -0.05) is 6.92 Å². The number of esters is 1. The smallest absolute Gasteiger partial charge is 0.339 e. The Bertz CT molecular complexity index is 849. The van der Waals surface area contributed by atoms with E-state index in [1.54, 1.807) is 17.2 Å². The van der Waals surface area contributed by atoms with Crippen LogP contribution in [0.5, 0.6) is 0 Å². The minimum absolute atomic E-state index is 0.0612. The molecule has 0 saturated carbocycles. The second-order valence-electron chi connectivity index (χ2n) is 6.29. The zero-order valence-electron chi connectivity index (χ0n) is 14.4. The van der Waals surface area contributed by atoms with E-state index in [2.05, 4.69) is 11.9 Å². The van der Waals surface area contributed by atoms with Crippen molar-refractivity contribution in [2.24, 2.45) is 5.92 Å². The molecule has 25 heavy (non-hydrogen) atoms. The van der Waals surface area contributed by atoms with Crippen molar-refractivity contribution in [3.8, 4) is 0 Å². The summed E-state index contributed by atoms with van der Waals surface area (Å²) in [4.78, 5) is 43.7. The highest BCUT2D eigenvalue weighted by Crippen LogP contribution is 2.22. The van der Waals surface area contributed by atoms with Gasteiger partial charge < -0.3 is 9.64 Å². The Morgan fingerprint density at radius 1 is 1.36 bits per heavy atom. The van der Waals surface area contributed by atoms with Gasteiger partial charge in [0, 0.05) is 18.5 Å². The SMILES string of the molecule is CCOC(=O)c1csc2ncn(CC(=O)N3CCC(C)CC3)c(=O)c12. The van der Waals surface area contributed by atoms with Gasteiger partial charge in [0.2, 0.25) is 5.91 Å². The molecule has 0 N–H and O–H groups in total.